The summed E-state index contributed by atoms with van der Waals surface area (Å²) in [6.07, 6.45) is 3.80. The predicted molar refractivity (Wildman–Crippen MR) is 71.9 cm³/mol. The molecule has 102 valence electrons. The van der Waals surface area contributed by atoms with Gasteiger partial charge in [-0.25, -0.2) is 0 Å². The number of nitrogens with one attached hydrogen (secondary N) is 2. The van der Waals surface area contributed by atoms with Crippen LogP contribution in [-0.4, -0.2) is 47.9 Å². The van der Waals surface area contributed by atoms with Crippen LogP contribution < -0.4 is 10.6 Å². The molecule has 2 rings (SSSR count). The molecular formula is C13H18N4O2. The maximum Gasteiger partial charge on any atom is 0.256 e. The Bertz CT molecular complexity index is 489. The number of nitrogens with zero attached hydrogens (tertiary/aromatic N) is 2. The van der Waals surface area contributed by atoms with Gasteiger partial charge in [0.05, 0.1) is 17.4 Å². The molecule has 1 aromatic rings. The fourth-order valence-electron chi connectivity index (χ4n) is 2.30. The summed E-state index contributed by atoms with van der Waals surface area (Å²) in [6.45, 7) is 2.94. The molecule has 6 heteroatoms. The van der Waals surface area contributed by atoms with E-state index in [0.717, 1.165) is 0 Å². The molecule has 0 aromatic carbocycles. The highest BCUT2D eigenvalue weighted by atomic mass is 16.2. The zero-order valence-electron chi connectivity index (χ0n) is 11.1. The van der Waals surface area contributed by atoms with E-state index in [4.69, 9.17) is 0 Å². The van der Waals surface area contributed by atoms with Gasteiger partial charge in [-0.15, -0.1) is 0 Å². The second-order valence-corrected chi connectivity index (χ2v) is 4.38. The standard InChI is InChI=1S/C13H18N4O2/c1-3-11-12(18)16-6-7-17(11)13(19)9-4-5-15-8-10(9)14-2/h4-5,8,11,14H,3,6-7H2,1-2H3,(H,16,18). The number of anilines is 1. The van der Waals surface area contributed by atoms with Crippen LogP contribution in [0.15, 0.2) is 18.5 Å². The second-order valence-electron chi connectivity index (χ2n) is 4.38. The molecule has 1 saturated heterocycles. The van der Waals surface area contributed by atoms with Crippen molar-refractivity contribution in [3.63, 3.8) is 0 Å². The molecule has 1 aliphatic heterocycles. The van der Waals surface area contributed by atoms with Crippen molar-refractivity contribution in [2.45, 2.75) is 19.4 Å². The Labute approximate surface area is 112 Å². The molecule has 2 heterocycles. The summed E-state index contributed by atoms with van der Waals surface area (Å²) in [5, 5.41) is 5.74. The minimum Gasteiger partial charge on any atom is -0.386 e. The first-order valence-electron chi connectivity index (χ1n) is 6.39. The average Bonchev–Trinajstić information content (AvgIpc) is 2.46. The summed E-state index contributed by atoms with van der Waals surface area (Å²) < 4.78 is 0. The molecule has 0 saturated carbocycles. The van der Waals surface area contributed by atoms with E-state index < -0.39 is 0 Å². The Kier molecular flexibility index (Phi) is 3.99. The molecule has 0 bridgehead atoms. The number of aromatic nitrogens is 1. The van der Waals surface area contributed by atoms with Crippen LogP contribution in [0, 0.1) is 0 Å². The summed E-state index contributed by atoms with van der Waals surface area (Å²) >= 11 is 0. The Morgan fingerprint density at radius 1 is 1.63 bits per heavy atom. The first-order valence-corrected chi connectivity index (χ1v) is 6.39. The molecule has 0 aliphatic carbocycles. The van der Waals surface area contributed by atoms with Crippen molar-refractivity contribution in [3.8, 4) is 0 Å². The molecule has 2 N–H and O–H groups in total. The molecule has 1 unspecified atom stereocenters. The maximum absolute atomic E-state index is 12.6. The SMILES string of the molecule is CCC1C(=O)NCCN1C(=O)c1ccncc1NC. The van der Waals surface area contributed by atoms with Gasteiger partial charge in [-0.3, -0.25) is 14.6 Å². The summed E-state index contributed by atoms with van der Waals surface area (Å²) in [5.41, 5.74) is 1.22. The van der Waals surface area contributed by atoms with Gasteiger partial charge in [0.25, 0.3) is 5.91 Å². The fraction of sp³-hybridized carbons (Fsp3) is 0.462. The van der Waals surface area contributed by atoms with E-state index in [9.17, 15) is 9.59 Å². The lowest BCUT2D eigenvalue weighted by Gasteiger charge is -2.34. The van der Waals surface area contributed by atoms with Crippen molar-refractivity contribution in [3.05, 3.63) is 24.0 Å². The quantitative estimate of drug-likeness (QED) is 0.830. The second kappa shape index (κ2) is 5.69. The Hall–Kier alpha value is -2.11. The zero-order valence-corrected chi connectivity index (χ0v) is 11.1. The number of piperazine rings is 1. The topological polar surface area (TPSA) is 74.3 Å². The minimum absolute atomic E-state index is 0.0813. The van der Waals surface area contributed by atoms with Gasteiger partial charge in [0, 0.05) is 26.3 Å². The number of rotatable bonds is 3. The Balaban J connectivity index is 2.29. The summed E-state index contributed by atoms with van der Waals surface area (Å²) in [7, 11) is 1.74. The molecule has 1 aromatic heterocycles. The predicted octanol–water partition coefficient (Wildman–Crippen LogP) is 0.474. The van der Waals surface area contributed by atoms with Crippen molar-refractivity contribution >= 4 is 17.5 Å². The smallest absolute Gasteiger partial charge is 0.256 e. The molecular weight excluding hydrogens is 244 g/mol. The van der Waals surface area contributed by atoms with Crippen LogP contribution in [0.3, 0.4) is 0 Å². The van der Waals surface area contributed by atoms with Gasteiger partial charge in [0.2, 0.25) is 5.91 Å². The number of hydrogen-bond acceptors (Lipinski definition) is 4. The highest BCUT2D eigenvalue weighted by molar-refractivity contribution is 6.02. The van der Waals surface area contributed by atoms with Gasteiger partial charge in [-0.1, -0.05) is 6.92 Å². The maximum atomic E-state index is 12.6. The zero-order chi connectivity index (χ0) is 13.8. The Morgan fingerprint density at radius 3 is 3.11 bits per heavy atom. The lowest BCUT2D eigenvalue weighted by atomic mass is 10.1. The molecule has 1 atom stereocenters. The Morgan fingerprint density at radius 2 is 2.42 bits per heavy atom. The van der Waals surface area contributed by atoms with Gasteiger partial charge in [-0.05, 0) is 12.5 Å². The van der Waals surface area contributed by atoms with E-state index in [1.165, 1.54) is 0 Å². The van der Waals surface area contributed by atoms with Crippen LogP contribution in [0.5, 0.6) is 0 Å². The van der Waals surface area contributed by atoms with Crippen LogP contribution >= 0.6 is 0 Å². The number of carbonyl (C=O) groups is 2. The molecule has 19 heavy (non-hydrogen) atoms. The number of hydrogen-bond donors (Lipinski definition) is 2. The van der Waals surface area contributed by atoms with E-state index in [1.807, 2.05) is 6.92 Å². The third-order valence-electron chi connectivity index (χ3n) is 3.30. The van der Waals surface area contributed by atoms with Crippen LogP contribution in [0.1, 0.15) is 23.7 Å². The average molecular weight is 262 g/mol. The monoisotopic (exact) mass is 262 g/mol. The van der Waals surface area contributed by atoms with Crippen molar-refractivity contribution in [1.82, 2.24) is 15.2 Å². The van der Waals surface area contributed by atoms with Crippen LogP contribution in [-0.2, 0) is 4.79 Å². The summed E-state index contributed by atoms with van der Waals surface area (Å²) in [5.74, 6) is -0.212. The molecule has 0 radical (unpaired) electrons. The van der Waals surface area contributed by atoms with Crippen LogP contribution in [0.25, 0.3) is 0 Å². The lowest BCUT2D eigenvalue weighted by Crippen LogP contribution is -2.56. The molecule has 6 nitrogen and oxygen atoms in total. The van der Waals surface area contributed by atoms with Gasteiger partial charge in [0.15, 0.2) is 0 Å². The van der Waals surface area contributed by atoms with Crippen LogP contribution in [0.2, 0.25) is 0 Å². The summed E-state index contributed by atoms with van der Waals surface area (Å²) in [6, 6.07) is 1.28. The third kappa shape index (κ3) is 2.52. The number of carbonyl (C=O) groups excluding carboxylic acids is 2. The van der Waals surface area contributed by atoms with Crippen molar-refractivity contribution in [2.24, 2.45) is 0 Å². The molecule has 1 fully saturated rings. The minimum atomic E-state index is -0.390. The third-order valence-corrected chi connectivity index (χ3v) is 3.30. The molecule has 0 spiro atoms. The van der Waals surface area contributed by atoms with Gasteiger partial charge in [-0.2, -0.15) is 0 Å². The number of pyridine rings is 1. The lowest BCUT2D eigenvalue weighted by molar-refractivity contribution is -0.127. The first-order chi connectivity index (χ1) is 9.19. The summed E-state index contributed by atoms with van der Waals surface area (Å²) in [4.78, 5) is 30.0. The highest BCUT2D eigenvalue weighted by Crippen LogP contribution is 2.19. The van der Waals surface area contributed by atoms with Crippen LogP contribution in [0.4, 0.5) is 5.69 Å². The van der Waals surface area contributed by atoms with Gasteiger partial charge >= 0.3 is 0 Å². The molecule has 2 amide bonds. The van der Waals surface area contributed by atoms with Gasteiger partial charge in [0.1, 0.15) is 6.04 Å². The normalized spacial score (nSPS) is 18.9. The number of amides is 2. The van der Waals surface area contributed by atoms with E-state index >= 15 is 0 Å². The van der Waals surface area contributed by atoms with Crippen molar-refractivity contribution in [2.75, 3.05) is 25.5 Å². The van der Waals surface area contributed by atoms with Gasteiger partial charge < -0.3 is 15.5 Å². The largest absolute Gasteiger partial charge is 0.386 e. The molecule has 1 aliphatic rings. The van der Waals surface area contributed by atoms with Crippen molar-refractivity contribution in [1.29, 1.82) is 0 Å². The van der Waals surface area contributed by atoms with Crippen molar-refractivity contribution < 1.29 is 9.59 Å². The fourth-order valence-corrected chi connectivity index (χ4v) is 2.30. The van der Waals surface area contributed by atoms with E-state index in [1.54, 1.807) is 30.4 Å². The van der Waals surface area contributed by atoms with E-state index in [2.05, 4.69) is 15.6 Å². The van der Waals surface area contributed by atoms with E-state index in [0.29, 0.717) is 30.8 Å². The highest BCUT2D eigenvalue weighted by Gasteiger charge is 2.32. The van der Waals surface area contributed by atoms with E-state index in [-0.39, 0.29) is 17.9 Å². The first kappa shape index (κ1) is 13.3.